The normalized spacial score (nSPS) is 13.6. The average Bonchev–Trinajstić information content (AvgIpc) is 2.70. The quantitative estimate of drug-likeness (QED) is 0.521. The number of allylic oxidation sites excluding steroid dienone is 1. The van der Waals surface area contributed by atoms with Crippen molar-refractivity contribution in [2.24, 2.45) is 0 Å². The number of para-hydroxylation sites is 1. The van der Waals surface area contributed by atoms with Crippen molar-refractivity contribution < 1.29 is 9.53 Å². The van der Waals surface area contributed by atoms with Crippen LogP contribution in [0.25, 0.3) is 0 Å². The van der Waals surface area contributed by atoms with Crippen LogP contribution in [0.2, 0.25) is 0 Å². The number of nitrogens with one attached hydrogen (secondary N) is 2. The third kappa shape index (κ3) is 5.54. The summed E-state index contributed by atoms with van der Waals surface area (Å²) in [5.41, 5.74) is 2.66. The number of carbonyl (C=O) groups is 1. The fourth-order valence-corrected chi connectivity index (χ4v) is 3.10. The fourth-order valence-electron chi connectivity index (χ4n) is 3.10. The summed E-state index contributed by atoms with van der Waals surface area (Å²) in [4.78, 5) is 20.9. The number of rotatable bonds is 8. The highest BCUT2D eigenvalue weighted by Crippen LogP contribution is 2.22. The van der Waals surface area contributed by atoms with E-state index in [1.54, 1.807) is 25.3 Å². The predicted molar refractivity (Wildman–Crippen MR) is 107 cm³/mol. The Kier molecular flexibility index (Phi) is 6.79. The van der Waals surface area contributed by atoms with Gasteiger partial charge in [-0.3, -0.25) is 0 Å². The van der Waals surface area contributed by atoms with E-state index in [1.807, 2.05) is 18.2 Å². The zero-order valence-electron chi connectivity index (χ0n) is 15.7. The lowest BCUT2D eigenvalue weighted by Crippen LogP contribution is -2.10. The minimum atomic E-state index is -0.353. The highest BCUT2D eigenvalue weighted by atomic mass is 16.5. The number of carbonyl (C=O) groups excluding carboxylic acids is 1. The molecule has 0 spiro atoms. The van der Waals surface area contributed by atoms with Crippen molar-refractivity contribution in [2.45, 2.75) is 39.0 Å². The highest BCUT2D eigenvalue weighted by Gasteiger charge is 2.12. The molecule has 0 bridgehead atoms. The van der Waals surface area contributed by atoms with Gasteiger partial charge in [0.15, 0.2) is 0 Å². The lowest BCUT2D eigenvalue weighted by molar-refractivity contribution is 0.0527. The number of benzene rings is 1. The molecule has 1 aromatic carbocycles. The smallest absolute Gasteiger partial charge is 0.340 e. The maximum Gasteiger partial charge on any atom is 0.340 e. The van der Waals surface area contributed by atoms with Gasteiger partial charge in [0.1, 0.15) is 5.82 Å². The van der Waals surface area contributed by atoms with Crippen LogP contribution in [0, 0.1) is 0 Å². The molecular weight excluding hydrogens is 340 g/mol. The largest absolute Gasteiger partial charge is 0.462 e. The van der Waals surface area contributed by atoms with Crippen LogP contribution in [0.15, 0.2) is 48.2 Å². The summed E-state index contributed by atoms with van der Waals surface area (Å²) < 4.78 is 5.11. The van der Waals surface area contributed by atoms with E-state index >= 15 is 0 Å². The van der Waals surface area contributed by atoms with E-state index in [2.05, 4.69) is 26.7 Å². The van der Waals surface area contributed by atoms with Crippen molar-refractivity contribution in [1.29, 1.82) is 0 Å². The van der Waals surface area contributed by atoms with E-state index in [9.17, 15) is 4.79 Å². The molecule has 6 nitrogen and oxygen atoms in total. The third-order valence-electron chi connectivity index (χ3n) is 4.45. The lowest BCUT2D eigenvalue weighted by Gasteiger charge is -2.13. The molecule has 27 heavy (non-hydrogen) atoms. The Labute approximate surface area is 160 Å². The minimum absolute atomic E-state index is 0.338. The molecule has 0 amide bonds. The minimum Gasteiger partial charge on any atom is -0.462 e. The predicted octanol–water partition coefficient (Wildman–Crippen LogP) is 4.70. The zero-order chi connectivity index (χ0) is 18.9. The molecule has 0 saturated heterocycles. The van der Waals surface area contributed by atoms with Crippen LogP contribution < -0.4 is 10.6 Å². The Morgan fingerprint density at radius 3 is 2.93 bits per heavy atom. The first-order valence-electron chi connectivity index (χ1n) is 9.54. The van der Waals surface area contributed by atoms with Crippen molar-refractivity contribution in [3.05, 3.63) is 53.7 Å². The van der Waals surface area contributed by atoms with Gasteiger partial charge in [-0.1, -0.05) is 23.8 Å². The van der Waals surface area contributed by atoms with Crippen LogP contribution in [0.3, 0.4) is 0 Å². The van der Waals surface area contributed by atoms with Crippen LogP contribution in [-0.4, -0.2) is 29.1 Å². The Balaban J connectivity index is 1.62. The molecule has 3 rings (SSSR count). The average molecular weight is 366 g/mol. The third-order valence-corrected chi connectivity index (χ3v) is 4.45. The molecular formula is C21H26N4O2. The van der Waals surface area contributed by atoms with Crippen LogP contribution in [0.5, 0.6) is 0 Å². The molecule has 1 heterocycles. The van der Waals surface area contributed by atoms with Gasteiger partial charge in [-0.05, 0) is 57.2 Å². The molecule has 0 atom stereocenters. The van der Waals surface area contributed by atoms with Crippen molar-refractivity contribution in [3.8, 4) is 0 Å². The second-order valence-electron chi connectivity index (χ2n) is 6.44. The van der Waals surface area contributed by atoms with Crippen LogP contribution >= 0.6 is 0 Å². The van der Waals surface area contributed by atoms with Crippen molar-refractivity contribution in [2.75, 3.05) is 23.8 Å². The molecule has 6 heteroatoms. The van der Waals surface area contributed by atoms with Gasteiger partial charge in [-0.15, -0.1) is 0 Å². The van der Waals surface area contributed by atoms with Gasteiger partial charge in [0, 0.05) is 12.7 Å². The molecule has 1 aliphatic rings. The topological polar surface area (TPSA) is 76.1 Å². The van der Waals surface area contributed by atoms with Crippen molar-refractivity contribution in [1.82, 2.24) is 9.97 Å². The van der Waals surface area contributed by atoms with E-state index < -0.39 is 0 Å². The molecule has 1 aliphatic carbocycles. The Hall–Kier alpha value is -2.89. The monoisotopic (exact) mass is 366 g/mol. The molecule has 1 aromatic heterocycles. The first-order chi connectivity index (χ1) is 13.3. The highest BCUT2D eigenvalue weighted by molar-refractivity contribution is 5.96. The molecule has 2 aromatic rings. The molecule has 2 N–H and O–H groups in total. The standard InChI is InChI=1S/C21H26N4O2/c1-2-27-20(26)17-10-6-7-11-18(17)24-19-13-15-23-21(25-19)22-14-12-16-8-4-3-5-9-16/h6-8,10-11,13,15H,2-5,9,12,14H2,1H3,(H2,22,23,24,25). The zero-order valence-corrected chi connectivity index (χ0v) is 15.7. The summed E-state index contributed by atoms with van der Waals surface area (Å²) in [6.45, 7) is 2.94. The summed E-state index contributed by atoms with van der Waals surface area (Å²) in [6.07, 6.45) is 10.1. The summed E-state index contributed by atoms with van der Waals surface area (Å²) in [6, 6.07) is 9.01. The van der Waals surface area contributed by atoms with Gasteiger partial charge in [-0.25, -0.2) is 9.78 Å². The number of esters is 1. The van der Waals surface area contributed by atoms with Gasteiger partial charge in [0.2, 0.25) is 5.95 Å². The van der Waals surface area contributed by atoms with E-state index in [0.29, 0.717) is 29.6 Å². The van der Waals surface area contributed by atoms with Gasteiger partial charge in [-0.2, -0.15) is 4.98 Å². The molecule has 0 fully saturated rings. The molecule has 0 radical (unpaired) electrons. The number of nitrogens with zero attached hydrogens (tertiary/aromatic N) is 2. The van der Waals surface area contributed by atoms with E-state index in [-0.39, 0.29) is 5.97 Å². The lowest BCUT2D eigenvalue weighted by atomic mass is 9.97. The van der Waals surface area contributed by atoms with Crippen LogP contribution in [0.1, 0.15) is 49.4 Å². The summed E-state index contributed by atoms with van der Waals surface area (Å²) in [7, 11) is 0. The number of aromatic nitrogens is 2. The van der Waals surface area contributed by atoms with Crippen molar-refractivity contribution in [3.63, 3.8) is 0 Å². The summed E-state index contributed by atoms with van der Waals surface area (Å²) in [5, 5.41) is 6.47. The second-order valence-corrected chi connectivity index (χ2v) is 6.44. The Morgan fingerprint density at radius 1 is 1.22 bits per heavy atom. The maximum absolute atomic E-state index is 12.1. The van der Waals surface area contributed by atoms with E-state index in [0.717, 1.165) is 13.0 Å². The number of anilines is 3. The van der Waals surface area contributed by atoms with Crippen molar-refractivity contribution >= 4 is 23.4 Å². The summed E-state index contributed by atoms with van der Waals surface area (Å²) in [5.74, 6) is 0.847. The number of ether oxygens (including phenoxy) is 1. The van der Waals surface area contributed by atoms with E-state index in [1.165, 1.54) is 31.3 Å². The van der Waals surface area contributed by atoms with Gasteiger partial charge >= 0.3 is 5.97 Å². The first-order valence-corrected chi connectivity index (χ1v) is 9.54. The molecule has 0 aliphatic heterocycles. The first kappa shape index (κ1) is 18.9. The molecule has 0 unspecified atom stereocenters. The van der Waals surface area contributed by atoms with Crippen LogP contribution in [-0.2, 0) is 4.74 Å². The fraction of sp³-hybridized carbons (Fsp3) is 0.381. The number of hydrogen-bond acceptors (Lipinski definition) is 6. The second kappa shape index (κ2) is 9.71. The Bertz CT molecular complexity index is 804. The van der Waals surface area contributed by atoms with E-state index in [4.69, 9.17) is 4.74 Å². The maximum atomic E-state index is 12.1. The summed E-state index contributed by atoms with van der Waals surface area (Å²) >= 11 is 0. The van der Waals surface area contributed by atoms with Gasteiger partial charge in [0.25, 0.3) is 0 Å². The number of hydrogen-bond donors (Lipinski definition) is 2. The SMILES string of the molecule is CCOC(=O)c1ccccc1Nc1ccnc(NCCC2=CCCCC2)n1. The van der Waals surface area contributed by atoms with Crippen LogP contribution in [0.4, 0.5) is 17.5 Å². The van der Waals surface area contributed by atoms with Gasteiger partial charge < -0.3 is 15.4 Å². The molecule has 142 valence electrons. The van der Waals surface area contributed by atoms with Gasteiger partial charge in [0.05, 0.1) is 17.9 Å². The Morgan fingerprint density at radius 2 is 2.11 bits per heavy atom. The molecule has 0 saturated carbocycles.